The normalized spacial score (nSPS) is 11.2. The maximum absolute atomic E-state index is 13.2. The summed E-state index contributed by atoms with van der Waals surface area (Å²) in [5.41, 5.74) is -2.61. The highest BCUT2D eigenvalue weighted by molar-refractivity contribution is 5.90. The minimum Gasteiger partial charge on any atom is -0.459 e. The average molecular weight is 678 g/mol. The quantitative estimate of drug-likeness (QED) is 0.135. The number of carbonyl (C=O) groups is 2. The first-order chi connectivity index (χ1) is 23.9. The molecule has 0 saturated heterocycles. The molecule has 0 aliphatic heterocycles. The van der Waals surface area contributed by atoms with Crippen LogP contribution in [-0.2, 0) is 29.1 Å². The van der Waals surface area contributed by atoms with Gasteiger partial charge in [-0.2, -0.15) is 21.0 Å². The molecule has 0 spiro atoms. The molecule has 252 valence electrons. The first-order valence-corrected chi connectivity index (χ1v) is 14.5. The number of carbonyl (C=O) groups excluding carboxylic acids is 2. The highest BCUT2D eigenvalue weighted by Gasteiger charge is 2.21. The number of hydrogen-bond donors (Lipinski definition) is 2. The minimum absolute atomic E-state index is 0.0671. The van der Waals surface area contributed by atoms with Crippen LogP contribution in [-0.4, -0.2) is 61.3 Å². The molecule has 0 amide bonds. The van der Waals surface area contributed by atoms with Gasteiger partial charge in [-0.05, 0) is 47.5 Å². The van der Waals surface area contributed by atoms with Gasteiger partial charge in [-0.3, -0.25) is 0 Å². The lowest BCUT2D eigenvalue weighted by Crippen LogP contribution is -2.56. The molecular weight excluding hydrogens is 650 g/mol. The molecule has 0 radical (unpaired) electrons. The SMILES string of the molecule is C=CCn1c(=O)n(CC(O)COC(=O)c2ccc(C=C(C#N)C#N)cc2)c(=O)n(CC(O)COC(=O)c2ccc(C=C(C#N)C#N)cc2)c1=O. The van der Waals surface area contributed by atoms with Crippen molar-refractivity contribution in [3.05, 3.63) is 126 Å². The summed E-state index contributed by atoms with van der Waals surface area (Å²) in [5.74, 6) is -1.72. The lowest BCUT2D eigenvalue weighted by atomic mass is 10.1. The van der Waals surface area contributed by atoms with E-state index in [2.05, 4.69) is 6.58 Å². The van der Waals surface area contributed by atoms with Crippen molar-refractivity contribution < 1.29 is 29.3 Å². The van der Waals surface area contributed by atoms with E-state index in [1.54, 1.807) is 24.3 Å². The zero-order chi connectivity index (χ0) is 36.8. The molecule has 50 heavy (non-hydrogen) atoms. The summed E-state index contributed by atoms with van der Waals surface area (Å²) in [6, 6.07) is 18.1. The topological polar surface area (TPSA) is 254 Å². The number of nitrogens with zero attached hydrogens (tertiary/aromatic N) is 7. The number of aromatic nitrogens is 3. The molecule has 3 aromatic rings. The van der Waals surface area contributed by atoms with Crippen molar-refractivity contribution in [2.45, 2.75) is 31.8 Å². The zero-order valence-corrected chi connectivity index (χ0v) is 26.1. The molecule has 16 nitrogen and oxygen atoms in total. The number of ether oxygens (including phenoxy) is 2. The Morgan fingerprint density at radius 1 is 0.660 bits per heavy atom. The van der Waals surface area contributed by atoms with Gasteiger partial charge in [-0.1, -0.05) is 30.3 Å². The molecule has 16 heteroatoms. The van der Waals surface area contributed by atoms with Crippen molar-refractivity contribution in [3.63, 3.8) is 0 Å². The van der Waals surface area contributed by atoms with Crippen LogP contribution in [0.1, 0.15) is 31.8 Å². The molecule has 2 aromatic carbocycles. The van der Waals surface area contributed by atoms with Crippen molar-refractivity contribution in [2.75, 3.05) is 13.2 Å². The fourth-order valence-corrected chi connectivity index (χ4v) is 4.26. The highest BCUT2D eigenvalue weighted by Crippen LogP contribution is 2.11. The maximum Gasteiger partial charge on any atom is 0.338 e. The maximum atomic E-state index is 13.2. The van der Waals surface area contributed by atoms with E-state index < -0.39 is 67.5 Å². The Hall–Kier alpha value is -7.11. The van der Waals surface area contributed by atoms with Crippen molar-refractivity contribution in [1.82, 2.24) is 13.7 Å². The van der Waals surface area contributed by atoms with Crippen molar-refractivity contribution >= 4 is 24.1 Å². The Morgan fingerprint density at radius 2 is 1.00 bits per heavy atom. The predicted molar refractivity (Wildman–Crippen MR) is 173 cm³/mol. The fraction of sp³-hybridized carbons (Fsp3) is 0.206. The van der Waals surface area contributed by atoms with Crippen molar-refractivity contribution in [2.24, 2.45) is 0 Å². The number of esters is 2. The zero-order valence-electron chi connectivity index (χ0n) is 26.1. The van der Waals surface area contributed by atoms with Crippen LogP contribution >= 0.6 is 0 Å². The molecule has 1 aromatic heterocycles. The fourth-order valence-electron chi connectivity index (χ4n) is 4.26. The van der Waals surface area contributed by atoms with Crippen LogP contribution in [0.3, 0.4) is 0 Å². The number of nitriles is 4. The lowest BCUT2D eigenvalue weighted by Gasteiger charge is -2.18. The van der Waals surface area contributed by atoms with E-state index in [-0.39, 0.29) is 28.8 Å². The smallest absolute Gasteiger partial charge is 0.338 e. The number of aliphatic hydroxyl groups excluding tert-OH is 2. The van der Waals surface area contributed by atoms with E-state index in [0.29, 0.717) is 24.8 Å². The van der Waals surface area contributed by atoms with Crippen LogP contribution in [0.5, 0.6) is 0 Å². The Labute approximate surface area is 283 Å². The summed E-state index contributed by atoms with van der Waals surface area (Å²) < 4.78 is 11.9. The van der Waals surface area contributed by atoms with Crippen molar-refractivity contribution in [3.8, 4) is 24.3 Å². The highest BCUT2D eigenvalue weighted by atomic mass is 16.5. The third kappa shape index (κ3) is 9.70. The van der Waals surface area contributed by atoms with Gasteiger partial charge in [0.1, 0.15) is 60.8 Å². The molecule has 2 unspecified atom stereocenters. The summed E-state index contributed by atoms with van der Waals surface area (Å²) in [6.45, 7) is 0.407. The summed E-state index contributed by atoms with van der Waals surface area (Å²) in [7, 11) is 0. The van der Waals surface area contributed by atoms with Gasteiger partial charge in [-0.15, -0.1) is 6.58 Å². The van der Waals surface area contributed by atoms with E-state index in [4.69, 9.17) is 30.5 Å². The number of aliphatic hydroxyl groups is 2. The number of rotatable bonds is 14. The van der Waals surface area contributed by atoms with Gasteiger partial charge >= 0.3 is 29.0 Å². The van der Waals surface area contributed by atoms with Crippen molar-refractivity contribution in [1.29, 1.82) is 21.0 Å². The first kappa shape index (κ1) is 37.3. The molecular formula is C34H27N7O9. The third-order valence-corrected chi connectivity index (χ3v) is 6.69. The van der Waals surface area contributed by atoms with Gasteiger partial charge in [0.2, 0.25) is 0 Å². The molecule has 0 aliphatic rings. The predicted octanol–water partition coefficient (Wildman–Crippen LogP) is 0.655. The Balaban J connectivity index is 1.70. The van der Waals surface area contributed by atoms with Gasteiger partial charge in [-0.25, -0.2) is 37.7 Å². The first-order valence-electron chi connectivity index (χ1n) is 14.5. The summed E-state index contributed by atoms with van der Waals surface area (Å²) >= 11 is 0. The second-order valence-corrected chi connectivity index (χ2v) is 10.3. The van der Waals surface area contributed by atoms with Gasteiger partial charge in [0.05, 0.1) is 30.8 Å². The van der Waals surface area contributed by atoms with Crippen LogP contribution in [0.15, 0.2) is 86.7 Å². The summed E-state index contributed by atoms with van der Waals surface area (Å²) in [5, 5.41) is 56.6. The largest absolute Gasteiger partial charge is 0.459 e. The number of hydrogen-bond acceptors (Lipinski definition) is 13. The average Bonchev–Trinajstić information content (AvgIpc) is 3.13. The second-order valence-electron chi connectivity index (χ2n) is 10.3. The van der Waals surface area contributed by atoms with E-state index >= 15 is 0 Å². The van der Waals surface area contributed by atoms with Crippen LogP contribution < -0.4 is 17.1 Å². The van der Waals surface area contributed by atoms with Gasteiger partial charge in [0.25, 0.3) is 0 Å². The molecule has 2 N–H and O–H groups in total. The Morgan fingerprint density at radius 3 is 1.32 bits per heavy atom. The van der Waals surface area contributed by atoms with Crippen LogP contribution in [0.25, 0.3) is 12.2 Å². The summed E-state index contributed by atoms with van der Waals surface area (Å²) in [6.07, 6.45) is 0.648. The van der Waals surface area contributed by atoms with E-state index in [9.17, 15) is 34.2 Å². The van der Waals surface area contributed by atoms with Crippen LogP contribution in [0, 0.1) is 45.3 Å². The molecule has 0 aliphatic carbocycles. The number of benzene rings is 2. The van der Waals surface area contributed by atoms with E-state index in [1.807, 2.05) is 0 Å². The molecule has 0 saturated carbocycles. The number of allylic oxidation sites excluding steroid dienone is 3. The summed E-state index contributed by atoms with van der Waals surface area (Å²) in [4.78, 5) is 64.2. The van der Waals surface area contributed by atoms with Gasteiger partial charge in [0, 0.05) is 0 Å². The molecule has 0 fully saturated rings. The second kappa shape index (κ2) is 17.7. The van der Waals surface area contributed by atoms with Gasteiger partial charge < -0.3 is 19.7 Å². The monoisotopic (exact) mass is 677 g/mol. The Bertz CT molecular complexity index is 2000. The third-order valence-electron chi connectivity index (χ3n) is 6.69. The standard InChI is InChI=1S/C34H27N7O9/c1-2-11-39-32(46)40(18-28(42)20-49-30(44)26-7-3-22(4-8-26)12-24(14-35)15-36)34(48)41(33(39)47)19-29(43)21-50-31(45)27-9-5-23(6-10-27)13-25(16-37)17-38/h2-10,12-13,28-29,42-43H,1,11,18-21H2. The van der Waals surface area contributed by atoms with Crippen LogP contribution in [0.2, 0.25) is 0 Å². The minimum atomic E-state index is -1.59. The molecule has 2 atom stereocenters. The lowest BCUT2D eigenvalue weighted by molar-refractivity contribution is 0.0189. The molecule has 3 rings (SSSR count). The van der Waals surface area contributed by atoms with E-state index in [1.165, 1.54) is 66.8 Å². The Kier molecular flexibility index (Phi) is 13.2. The van der Waals surface area contributed by atoms with Gasteiger partial charge in [0.15, 0.2) is 0 Å². The molecule has 0 bridgehead atoms. The molecule has 1 heterocycles. The van der Waals surface area contributed by atoms with Crippen LogP contribution in [0.4, 0.5) is 0 Å². The van der Waals surface area contributed by atoms with E-state index in [0.717, 1.165) is 0 Å².